The summed E-state index contributed by atoms with van der Waals surface area (Å²) in [5.74, 6) is 0.630. The highest BCUT2D eigenvalue weighted by Gasteiger charge is 2.09. The van der Waals surface area contributed by atoms with Crippen LogP contribution in [0.15, 0.2) is 52.1 Å². The Morgan fingerprint density at radius 1 is 1.24 bits per heavy atom. The molecule has 1 N–H and O–H groups in total. The molecule has 0 saturated heterocycles. The highest BCUT2D eigenvalue weighted by Crippen LogP contribution is 2.32. The standard InChI is InChI=1S/C16H15BrClNO2/c17-15-10-14(18)9-13(11-19-20)16(15)21-8-4-7-12-5-2-1-3-6-12/h1-3,5-6,9-11,20H,4,7-8H2. The molecule has 2 aromatic carbocycles. The van der Waals surface area contributed by atoms with Crippen molar-refractivity contribution in [2.75, 3.05) is 6.61 Å². The van der Waals surface area contributed by atoms with Crippen LogP contribution in [-0.2, 0) is 6.42 Å². The largest absolute Gasteiger partial charge is 0.492 e. The van der Waals surface area contributed by atoms with E-state index in [9.17, 15) is 0 Å². The molecule has 0 unspecified atom stereocenters. The van der Waals surface area contributed by atoms with Crippen molar-refractivity contribution >= 4 is 33.7 Å². The maximum absolute atomic E-state index is 8.70. The summed E-state index contributed by atoms with van der Waals surface area (Å²) >= 11 is 9.38. The topological polar surface area (TPSA) is 41.8 Å². The van der Waals surface area contributed by atoms with E-state index < -0.39 is 0 Å². The molecule has 0 aliphatic carbocycles. The monoisotopic (exact) mass is 367 g/mol. The van der Waals surface area contributed by atoms with Crippen LogP contribution in [-0.4, -0.2) is 18.0 Å². The third kappa shape index (κ3) is 4.76. The molecule has 21 heavy (non-hydrogen) atoms. The van der Waals surface area contributed by atoms with Gasteiger partial charge in [0.05, 0.1) is 17.3 Å². The number of hydrogen-bond acceptors (Lipinski definition) is 3. The Morgan fingerprint density at radius 3 is 2.71 bits per heavy atom. The van der Waals surface area contributed by atoms with Crippen LogP contribution in [0.2, 0.25) is 5.02 Å². The van der Waals surface area contributed by atoms with Crippen LogP contribution < -0.4 is 4.74 Å². The van der Waals surface area contributed by atoms with Crippen molar-refractivity contribution in [1.82, 2.24) is 0 Å². The molecule has 0 amide bonds. The highest BCUT2D eigenvalue weighted by molar-refractivity contribution is 9.10. The summed E-state index contributed by atoms with van der Waals surface area (Å²) < 4.78 is 6.53. The molecule has 0 aromatic heterocycles. The van der Waals surface area contributed by atoms with Crippen LogP contribution in [0.4, 0.5) is 0 Å². The molecule has 5 heteroatoms. The first-order chi connectivity index (χ1) is 10.2. The summed E-state index contributed by atoms with van der Waals surface area (Å²) in [4.78, 5) is 0. The molecule has 110 valence electrons. The molecule has 0 spiro atoms. The van der Waals surface area contributed by atoms with E-state index in [1.807, 2.05) is 18.2 Å². The molecule has 0 heterocycles. The van der Waals surface area contributed by atoms with Gasteiger partial charge in [0.2, 0.25) is 0 Å². The van der Waals surface area contributed by atoms with Gasteiger partial charge in [-0.1, -0.05) is 47.1 Å². The number of oxime groups is 1. The van der Waals surface area contributed by atoms with Crippen LogP contribution in [0.1, 0.15) is 17.5 Å². The smallest absolute Gasteiger partial charge is 0.142 e. The molecule has 3 nitrogen and oxygen atoms in total. The van der Waals surface area contributed by atoms with Crippen LogP contribution in [0, 0.1) is 0 Å². The van der Waals surface area contributed by atoms with E-state index in [2.05, 4.69) is 33.2 Å². The van der Waals surface area contributed by atoms with Gasteiger partial charge >= 0.3 is 0 Å². The van der Waals surface area contributed by atoms with Gasteiger partial charge in [0.15, 0.2) is 0 Å². The van der Waals surface area contributed by atoms with E-state index in [-0.39, 0.29) is 0 Å². The van der Waals surface area contributed by atoms with Crippen molar-refractivity contribution in [1.29, 1.82) is 0 Å². The number of halogens is 2. The van der Waals surface area contributed by atoms with E-state index >= 15 is 0 Å². The fourth-order valence-corrected chi connectivity index (χ4v) is 2.93. The van der Waals surface area contributed by atoms with Gasteiger partial charge in [0, 0.05) is 10.6 Å². The molecule has 0 fully saturated rings. The number of benzene rings is 2. The van der Waals surface area contributed by atoms with Crippen molar-refractivity contribution in [3.63, 3.8) is 0 Å². The lowest BCUT2D eigenvalue weighted by Crippen LogP contribution is -2.02. The zero-order valence-corrected chi connectivity index (χ0v) is 13.6. The average Bonchev–Trinajstić information content (AvgIpc) is 2.47. The van der Waals surface area contributed by atoms with Gasteiger partial charge in [-0.2, -0.15) is 0 Å². The molecular weight excluding hydrogens is 354 g/mol. The van der Waals surface area contributed by atoms with Crippen molar-refractivity contribution in [3.05, 3.63) is 63.1 Å². The molecule has 0 aliphatic rings. The van der Waals surface area contributed by atoms with E-state index in [1.54, 1.807) is 12.1 Å². The number of hydrogen-bond donors (Lipinski definition) is 1. The van der Waals surface area contributed by atoms with E-state index in [0.717, 1.165) is 17.3 Å². The third-order valence-corrected chi connectivity index (χ3v) is 3.74. The third-order valence-electron chi connectivity index (χ3n) is 2.93. The lowest BCUT2D eigenvalue weighted by atomic mass is 10.1. The second kappa shape index (κ2) is 8.05. The fraction of sp³-hybridized carbons (Fsp3) is 0.188. The van der Waals surface area contributed by atoms with Gasteiger partial charge in [0.1, 0.15) is 5.75 Å². The molecule has 0 radical (unpaired) electrons. The predicted octanol–water partition coefficient (Wildman–Crippen LogP) is 4.92. The van der Waals surface area contributed by atoms with Crippen LogP contribution in [0.3, 0.4) is 0 Å². The Kier molecular flexibility index (Phi) is 6.08. The normalized spacial score (nSPS) is 11.0. The van der Waals surface area contributed by atoms with Gasteiger partial charge in [-0.25, -0.2) is 0 Å². The summed E-state index contributed by atoms with van der Waals surface area (Å²) in [6, 6.07) is 13.7. The van der Waals surface area contributed by atoms with Crippen LogP contribution in [0.25, 0.3) is 0 Å². The summed E-state index contributed by atoms with van der Waals surface area (Å²) in [6.45, 7) is 0.571. The zero-order chi connectivity index (χ0) is 15.1. The van der Waals surface area contributed by atoms with Gasteiger partial charge < -0.3 is 9.94 Å². The Balaban J connectivity index is 1.96. The van der Waals surface area contributed by atoms with Crippen molar-refractivity contribution in [3.8, 4) is 5.75 Å². The van der Waals surface area contributed by atoms with Crippen molar-refractivity contribution in [2.24, 2.45) is 5.16 Å². The molecule has 0 bridgehead atoms. The zero-order valence-electron chi connectivity index (χ0n) is 11.3. The Labute approximate surface area is 137 Å². The van der Waals surface area contributed by atoms with Gasteiger partial charge in [-0.15, -0.1) is 0 Å². The second-order valence-electron chi connectivity index (χ2n) is 4.49. The lowest BCUT2D eigenvalue weighted by molar-refractivity contribution is 0.307. The minimum Gasteiger partial charge on any atom is -0.492 e. The predicted molar refractivity (Wildman–Crippen MR) is 88.8 cm³/mol. The van der Waals surface area contributed by atoms with Crippen molar-refractivity contribution in [2.45, 2.75) is 12.8 Å². The SMILES string of the molecule is ON=Cc1cc(Cl)cc(Br)c1OCCCc1ccccc1. The quantitative estimate of drug-likeness (QED) is 0.340. The first-order valence-corrected chi connectivity index (χ1v) is 7.71. The first kappa shape index (κ1) is 15.9. The average molecular weight is 369 g/mol. The minimum absolute atomic E-state index is 0.549. The highest BCUT2D eigenvalue weighted by atomic mass is 79.9. The van der Waals surface area contributed by atoms with E-state index in [0.29, 0.717) is 22.9 Å². The van der Waals surface area contributed by atoms with Gasteiger partial charge in [-0.3, -0.25) is 0 Å². The number of rotatable bonds is 6. The van der Waals surface area contributed by atoms with E-state index in [1.165, 1.54) is 11.8 Å². The summed E-state index contributed by atoms with van der Waals surface area (Å²) in [5.41, 5.74) is 1.92. The van der Waals surface area contributed by atoms with E-state index in [4.69, 9.17) is 21.5 Å². The maximum Gasteiger partial charge on any atom is 0.142 e. The molecule has 0 atom stereocenters. The summed E-state index contributed by atoms with van der Waals surface area (Å²) in [6.07, 6.45) is 3.16. The number of ether oxygens (including phenoxy) is 1. The molecule has 2 aromatic rings. The van der Waals surface area contributed by atoms with Crippen LogP contribution >= 0.6 is 27.5 Å². The van der Waals surface area contributed by atoms with Gasteiger partial charge in [-0.05, 0) is 46.5 Å². The molecule has 0 aliphatic heterocycles. The molecule has 0 saturated carbocycles. The number of nitrogens with zero attached hydrogens (tertiary/aromatic N) is 1. The molecular formula is C16H15BrClNO2. The summed E-state index contributed by atoms with van der Waals surface area (Å²) in [5, 5.41) is 12.3. The summed E-state index contributed by atoms with van der Waals surface area (Å²) in [7, 11) is 0. The Hall–Kier alpha value is -1.52. The fourth-order valence-electron chi connectivity index (χ4n) is 1.99. The second-order valence-corrected chi connectivity index (χ2v) is 5.78. The maximum atomic E-state index is 8.70. The van der Waals surface area contributed by atoms with Crippen molar-refractivity contribution < 1.29 is 9.94 Å². The first-order valence-electron chi connectivity index (χ1n) is 6.54. The van der Waals surface area contributed by atoms with Crippen LogP contribution in [0.5, 0.6) is 5.75 Å². The lowest BCUT2D eigenvalue weighted by Gasteiger charge is -2.11. The van der Waals surface area contributed by atoms with Gasteiger partial charge in [0.25, 0.3) is 0 Å². The Morgan fingerprint density at radius 2 is 2.00 bits per heavy atom. The molecule has 2 rings (SSSR count). The minimum atomic E-state index is 0.549. The Bertz CT molecular complexity index is 617. The number of aryl methyl sites for hydroxylation is 1.